The molecule has 1 amide bonds. The lowest BCUT2D eigenvalue weighted by atomic mass is 10.1. The smallest absolute Gasteiger partial charge is 0.328 e. The lowest BCUT2D eigenvalue weighted by Crippen LogP contribution is -2.43. The van der Waals surface area contributed by atoms with Crippen LogP contribution in [0.4, 0.5) is 0 Å². The van der Waals surface area contributed by atoms with Gasteiger partial charge in [0.25, 0.3) is 11.5 Å². The summed E-state index contributed by atoms with van der Waals surface area (Å²) >= 11 is 0. The first kappa shape index (κ1) is 15.0. The molecule has 0 saturated heterocycles. The molecule has 1 fully saturated rings. The van der Waals surface area contributed by atoms with Crippen molar-refractivity contribution in [1.82, 2.24) is 14.5 Å². The van der Waals surface area contributed by atoms with Gasteiger partial charge in [0.15, 0.2) is 0 Å². The van der Waals surface area contributed by atoms with Crippen LogP contribution in [0.1, 0.15) is 30.1 Å². The Morgan fingerprint density at radius 3 is 2.62 bits per heavy atom. The van der Waals surface area contributed by atoms with E-state index in [0.717, 1.165) is 23.6 Å². The van der Waals surface area contributed by atoms with Gasteiger partial charge in [-0.3, -0.25) is 19.0 Å². The highest BCUT2D eigenvalue weighted by molar-refractivity contribution is 5.94. The topological polar surface area (TPSA) is 112 Å². The minimum Gasteiger partial charge on any atom is -0.481 e. The molecule has 8 nitrogen and oxygen atoms in total. The lowest BCUT2D eigenvalue weighted by Gasteiger charge is -2.24. The third-order valence-corrected chi connectivity index (χ3v) is 3.55. The molecule has 1 aliphatic rings. The zero-order chi connectivity index (χ0) is 15.7. The highest BCUT2D eigenvalue weighted by Crippen LogP contribution is 2.28. The molecule has 1 heterocycles. The molecule has 1 aromatic heterocycles. The molecule has 1 aromatic rings. The van der Waals surface area contributed by atoms with Crippen LogP contribution in [0.5, 0.6) is 0 Å². The normalized spacial score (nSPS) is 15.5. The first-order valence-corrected chi connectivity index (χ1v) is 6.65. The second kappa shape index (κ2) is 5.55. The van der Waals surface area contributed by atoms with Crippen molar-refractivity contribution in [3.8, 4) is 0 Å². The van der Waals surface area contributed by atoms with Crippen molar-refractivity contribution in [2.75, 3.05) is 6.54 Å². The molecule has 1 unspecified atom stereocenters. The second-order valence-corrected chi connectivity index (χ2v) is 5.30. The molecule has 2 N–H and O–H groups in total. The van der Waals surface area contributed by atoms with Crippen LogP contribution in [0, 0.1) is 5.92 Å². The SMILES string of the molecule is CC(CN(C(=O)c1c[nH]c(=O)n(C)c1=O)C1CC1)C(=O)O. The zero-order valence-electron chi connectivity index (χ0n) is 11.8. The molecule has 1 aliphatic carbocycles. The van der Waals surface area contributed by atoms with E-state index in [9.17, 15) is 19.2 Å². The second-order valence-electron chi connectivity index (χ2n) is 5.30. The van der Waals surface area contributed by atoms with E-state index in [2.05, 4.69) is 4.98 Å². The first-order chi connectivity index (χ1) is 9.82. The summed E-state index contributed by atoms with van der Waals surface area (Å²) in [7, 11) is 1.28. The molecule has 8 heteroatoms. The standard InChI is InChI=1S/C13H17N3O5/c1-7(12(19)20)6-16(8-3-4-8)11(18)9-5-14-13(21)15(2)10(9)17/h5,7-8H,3-4,6H2,1-2H3,(H,14,21)(H,19,20). The van der Waals surface area contributed by atoms with E-state index in [4.69, 9.17) is 5.11 Å². The molecule has 0 aromatic carbocycles. The van der Waals surface area contributed by atoms with Gasteiger partial charge in [0.2, 0.25) is 0 Å². The van der Waals surface area contributed by atoms with Crippen LogP contribution in [0.3, 0.4) is 0 Å². The molecule has 0 aliphatic heterocycles. The van der Waals surface area contributed by atoms with Crippen LogP contribution in [0.15, 0.2) is 15.8 Å². The summed E-state index contributed by atoms with van der Waals surface area (Å²) in [6, 6.07) is -0.0315. The van der Waals surface area contributed by atoms with E-state index in [1.54, 1.807) is 0 Å². The van der Waals surface area contributed by atoms with Crippen molar-refractivity contribution in [1.29, 1.82) is 0 Å². The number of hydrogen-bond acceptors (Lipinski definition) is 4. The number of aliphatic carboxylic acids is 1. The number of carbonyl (C=O) groups is 2. The molecular formula is C13H17N3O5. The van der Waals surface area contributed by atoms with Gasteiger partial charge in [-0.2, -0.15) is 0 Å². The summed E-state index contributed by atoms with van der Waals surface area (Å²) < 4.78 is 0.818. The summed E-state index contributed by atoms with van der Waals surface area (Å²) in [4.78, 5) is 50.4. The van der Waals surface area contributed by atoms with E-state index in [-0.39, 0.29) is 18.2 Å². The van der Waals surface area contributed by atoms with Gasteiger partial charge in [-0.05, 0) is 12.8 Å². The molecular weight excluding hydrogens is 278 g/mol. The van der Waals surface area contributed by atoms with Gasteiger partial charge in [0.05, 0.1) is 5.92 Å². The van der Waals surface area contributed by atoms with Crippen LogP contribution in [-0.2, 0) is 11.8 Å². The van der Waals surface area contributed by atoms with Crippen molar-refractivity contribution in [3.63, 3.8) is 0 Å². The maximum atomic E-state index is 12.5. The van der Waals surface area contributed by atoms with Gasteiger partial charge in [0, 0.05) is 25.8 Å². The number of aromatic nitrogens is 2. The Labute approximate surface area is 120 Å². The summed E-state index contributed by atoms with van der Waals surface area (Å²) in [5.74, 6) is -2.26. The number of carboxylic acid groups (broad SMARTS) is 1. The van der Waals surface area contributed by atoms with Crippen molar-refractivity contribution in [2.24, 2.45) is 13.0 Å². The van der Waals surface area contributed by atoms with E-state index < -0.39 is 29.0 Å². The third kappa shape index (κ3) is 3.04. The van der Waals surface area contributed by atoms with Gasteiger partial charge in [-0.25, -0.2) is 4.79 Å². The summed E-state index contributed by atoms with van der Waals surface area (Å²) in [6.07, 6.45) is 2.68. The van der Waals surface area contributed by atoms with E-state index in [0.29, 0.717) is 0 Å². The van der Waals surface area contributed by atoms with Crippen molar-refractivity contribution in [2.45, 2.75) is 25.8 Å². The quantitative estimate of drug-likeness (QED) is 0.753. The predicted octanol–water partition coefficient (Wildman–Crippen LogP) is -0.601. The fraction of sp³-hybridized carbons (Fsp3) is 0.538. The molecule has 0 spiro atoms. The fourth-order valence-corrected chi connectivity index (χ4v) is 2.03. The number of H-pyrrole nitrogens is 1. The van der Waals surface area contributed by atoms with Gasteiger partial charge in [0.1, 0.15) is 5.56 Å². The van der Waals surface area contributed by atoms with Crippen LogP contribution < -0.4 is 11.2 Å². The molecule has 2 rings (SSSR count). The molecule has 0 radical (unpaired) electrons. The van der Waals surface area contributed by atoms with Gasteiger partial charge >= 0.3 is 11.7 Å². The molecule has 1 saturated carbocycles. The Balaban J connectivity index is 2.31. The predicted molar refractivity (Wildman–Crippen MR) is 73.2 cm³/mol. The largest absolute Gasteiger partial charge is 0.481 e. The monoisotopic (exact) mass is 295 g/mol. The first-order valence-electron chi connectivity index (χ1n) is 6.65. The maximum Gasteiger partial charge on any atom is 0.328 e. The molecule has 0 bridgehead atoms. The maximum absolute atomic E-state index is 12.5. The van der Waals surface area contributed by atoms with E-state index >= 15 is 0 Å². The number of rotatable bonds is 5. The molecule has 21 heavy (non-hydrogen) atoms. The Hall–Kier alpha value is -2.38. The van der Waals surface area contributed by atoms with Crippen LogP contribution >= 0.6 is 0 Å². The molecule has 114 valence electrons. The average molecular weight is 295 g/mol. The average Bonchev–Trinajstić information content (AvgIpc) is 3.25. The molecule has 1 atom stereocenters. The summed E-state index contributed by atoms with van der Waals surface area (Å²) in [5.41, 5.74) is -1.44. The minimum absolute atomic E-state index is 0.0315. The number of nitrogens with zero attached hydrogens (tertiary/aromatic N) is 2. The number of hydrogen-bond donors (Lipinski definition) is 2. The van der Waals surface area contributed by atoms with E-state index in [1.165, 1.54) is 18.9 Å². The third-order valence-electron chi connectivity index (χ3n) is 3.55. The number of carboxylic acids is 1. The Morgan fingerprint density at radius 2 is 2.10 bits per heavy atom. The van der Waals surface area contributed by atoms with Crippen LogP contribution in [-0.4, -0.2) is 44.0 Å². The van der Waals surface area contributed by atoms with E-state index in [1.807, 2.05) is 0 Å². The summed E-state index contributed by atoms with van der Waals surface area (Å²) in [5, 5.41) is 8.97. The zero-order valence-corrected chi connectivity index (χ0v) is 11.8. The van der Waals surface area contributed by atoms with Crippen molar-refractivity contribution in [3.05, 3.63) is 32.6 Å². The van der Waals surface area contributed by atoms with Crippen LogP contribution in [0.25, 0.3) is 0 Å². The Kier molecular flexibility index (Phi) is 3.97. The number of carbonyl (C=O) groups excluding carboxylic acids is 1. The lowest BCUT2D eigenvalue weighted by molar-refractivity contribution is -0.141. The van der Waals surface area contributed by atoms with Gasteiger partial charge in [-0.15, -0.1) is 0 Å². The highest BCUT2D eigenvalue weighted by atomic mass is 16.4. The Morgan fingerprint density at radius 1 is 1.48 bits per heavy atom. The van der Waals surface area contributed by atoms with Gasteiger partial charge in [-0.1, -0.05) is 6.92 Å². The number of amides is 1. The summed E-state index contributed by atoms with van der Waals surface area (Å²) in [6.45, 7) is 1.55. The highest BCUT2D eigenvalue weighted by Gasteiger charge is 2.36. The number of nitrogens with one attached hydrogen (secondary N) is 1. The van der Waals surface area contributed by atoms with Gasteiger partial charge < -0.3 is 15.0 Å². The Bertz CT molecular complexity index is 686. The van der Waals surface area contributed by atoms with Crippen molar-refractivity contribution >= 4 is 11.9 Å². The van der Waals surface area contributed by atoms with Crippen LogP contribution in [0.2, 0.25) is 0 Å². The minimum atomic E-state index is -0.997. The fourth-order valence-electron chi connectivity index (χ4n) is 2.03. The van der Waals surface area contributed by atoms with Crippen molar-refractivity contribution < 1.29 is 14.7 Å². The number of aromatic amines is 1.